The average molecular weight is 285 g/mol. The Balaban J connectivity index is 1.75. The molecule has 4 nitrogen and oxygen atoms in total. The topological polar surface area (TPSA) is 45.5 Å². The van der Waals surface area contributed by atoms with E-state index in [1.165, 1.54) is 6.26 Å². The lowest BCUT2D eigenvalue weighted by Crippen LogP contribution is -2.69. The first kappa shape index (κ1) is 10.4. The number of carbonyl (C=O) groups is 1. The maximum atomic E-state index is 12.1. The molecule has 0 aliphatic carbocycles. The van der Waals surface area contributed by atoms with Crippen LogP contribution in [0.25, 0.3) is 0 Å². The van der Waals surface area contributed by atoms with E-state index in [9.17, 15) is 4.79 Å². The minimum atomic E-state index is 0.00169. The van der Waals surface area contributed by atoms with Gasteiger partial charge in [-0.05, 0) is 41.4 Å². The summed E-state index contributed by atoms with van der Waals surface area (Å²) in [5.41, 5.74) is 0. The number of fused-ring (bicyclic) bond motifs is 1. The molecule has 1 amide bonds. The van der Waals surface area contributed by atoms with Gasteiger partial charge in [-0.15, -0.1) is 0 Å². The lowest BCUT2D eigenvalue weighted by molar-refractivity contribution is 0.0147. The minimum absolute atomic E-state index is 0.00169. The van der Waals surface area contributed by atoms with Gasteiger partial charge in [-0.3, -0.25) is 4.79 Å². The first-order chi connectivity index (χ1) is 7.77. The number of carbonyl (C=O) groups excluding carboxylic acids is 1. The van der Waals surface area contributed by atoms with Crippen LogP contribution in [0.4, 0.5) is 0 Å². The molecular weight excluding hydrogens is 272 g/mol. The fraction of sp³-hybridized carbons (Fsp3) is 0.545. The fourth-order valence-electron chi connectivity index (χ4n) is 2.51. The molecule has 5 heteroatoms. The number of nitrogens with zero attached hydrogens (tertiary/aromatic N) is 1. The van der Waals surface area contributed by atoms with Crippen LogP contribution in [0.2, 0.25) is 0 Å². The van der Waals surface area contributed by atoms with Gasteiger partial charge in [-0.1, -0.05) is 0 Å². The molecule has 3 rings (SSSR count). The van der Waals surface area contributed by atoms with E-state index in [0.717, 1.165) is 30.4 Å². The summed E-state index contributed by atoms with van der Waals surface area (Å²) in [6.45, 7) is 1.88. The average Bonchev–Trinajstić information content (AvgIpc) is 2.66. The zero-order valence-electron chi connectivity index (χ0n) is 8.78. The molecule has 1 aromatic rings. The first-order valence-electron chi connectivity index (χ1n) is 5.55. The van der Waals surface area contributed by atoms with Gasteiger partial charge in [0.05, 0.1) is 10.7 Å². The molecule has 16 heavy (non-hydrogen) atoms. The number of furan rings is 1. The molecule has 2 atom stereocenters. The Hall–Kier alpha value is -0.810. The Morgan fingerprint density at radius 2 is 2.50 bits per heavy atom. The van der Waals surface area contributed by atoms with E-state index in [2.05, 4.69) is 21.2 Å². The van der Waals surface area contributed by atoms with Crippen LogP contribution >= 0.6 is 15.9 Å². The van der Waals surface area contributed by atoms with Crippen molar-refractivity contribution in [2.75, 3.05) is 13.1 Å². The zero-order chi connectivity index (χ0) is 11.1. The third-order valence-electron chi connectivity index (χ3n) is 3.41. The molecule has 3 heterocycles. The second-order valence-corrected chi connectivity index (χ2v) is 5.18. The van der Waals surface area contributed by atoms with Crippen molar-refractivity contribution < 1.29 is 9.21 Å². The lowest BCUT2D eigenvalue weighted by Gasteiger charge is -2.50. The second kappa shape index (κ2) is 3.89. The molecule has 0 aromatic carbocycles. The number of hydrogen-bond donors (Lipinski definition) is 1. The summed E-state index contributed by atoms with van der Waals surface area (Å²) in [7, 11) is 0. The van der Waals surface area contributed by atoms with Gasteiger partial charge >= 0.3 is 0 Å². The maximum absolute atomic E-state index is 12.1. The number of piperidine rings is 1. The van der Waals surface area contributed by atoms with E-state index in [0.29, 0.717) is 17.8 Å². The Morgan fingerprint density at radius 1 is 1.62 bits per heavy atom. The van der Waals surface area contributed by atoms with Crippen molar-refractivity contribution in [1.29, 1.82) is 0 Å². The van der Waals surface area contributed by atoms with Crippen molar-refractivity contribution in [3.8, 4) is 0 Å². The highest BCUT2D eigenvalue weighted by Gasteiger charge is 2.44. The largest absolute Gasteiger partial charge is 0.458 e. The van der Waals surface area contributed by atoms with Gasteiger partial charge in [0.25, 0.3) is 5.91 Å². The van der Waals surface area contributed by atoms with Gasteiger partial charge in [-0.2, -0.15) is 0 Å². The van der Waals surface area contributed by atoms with Gasteiger partial charge in [0.2, 0.25) is 5.76 Å². The van der Waals surface area contributed by atoms with E-state index in [4.69, 9.17) is 4.42 Å². The minimum Gasteiger partial charge on any atom is -0.458 e. The summed E-state index contributed by atoms with van der Waals surface area (Å²) in [6.07, 6.45) is 3.78. The first-order valence-corrected chi connectivity index (χ1v) is 6.34. The number of nitrogens with one attached hydrogen (secondary N) is 1. The molecule has 0 spiro atoms. The Kier molecular flexibility index (Phi) is 2.52. The van der Waals surface area contributed by atoms with Crippen molar-refractivity contribution in [2.45, 2.75) is 24.9 Å². The van der Waals surface area contributed by atoms with E-state index in [1.54, 1.807) is 6.07 Å². The van der Waals surface area contributed by atoms with E-state index >= 15 is 0 Å². The highest BCUT2D eigenvalue weighted by Crippen LogP contribution is 2.29. The van der Waals surface area contributed by atoms with Crippen molar-refractivity contribution in [3.63, 3.8) is 0 Å². The second-order valence-electron chi connectivity index (χ2n) is 4.33. The quantitative estimate of drug-likeness (QED) is 0.852. The molecule has 2 aliphatic heterocycles. The van der Waals surface area contributed by atoms with Crippen molar-refractivity contribution in [1.82, 2.24) is 10.2 Å². The van der Waals surface area contributed by atoms with Crippen LogP contribution in [0.15, 0.2) is 21.2 Å². The van der Waals surface area contributed by atoms with Crippen molar-refractivity contribution in [2.24, 2.45) is 0 Å². The number of rotatable bonds is 1. The molecule has 0 bridgehead atoms. The summed E-state index contributed by atoms with van der Waals surface area (Å²) < 4.78 is 5.94. The molecule has 2 unspecified atom stereocenters. The van der Waals surface area contributed by atoms with Crippen LogP contribution in [0, 0.1) is 0 Å². The molecule has 2 fully saturated rings. The fourth-order valence-corrected chi connectivity index (χ4v) is 2.89. The molecule has 0 saturated carbocycles. The molecule has 1 aromatic heterocycles. The van der Waals surface area contributed by atoms with Crippen LogP contribution in [0.1, 0.15) is 23.4 Å². The van der Waals surface area contributed by atoms with Gasteiger partial charge < -0.3 is 14.6 Å². The molecule has 2 saturated heterocycles. The molecule has 1 N–H and O–H groups in total. The Morgan fingerprint density at radius 3 is 3.19 bits per heavy atom. The van der Waals surface area contributed by atoms with Gasteiger partial charge in [0, 0.05) is 18.6 Å². The van der Waals surface area contributed by atoms with Crippen molar-refractivity contribution in [3.05, 3.63) is 22.6 Å². The SMILES string of the molecule is O=C(c1occc1Br)N1CC2NCCCC21. The molecule has 0 radical (unpaired) electrons. The van der Waals surface area contributed by atoms with E-state index < -0.39 is 0 Å². The number of likely N-dealkylation sites (tertiary alicyclic amines) is 1. The van der Waals surface area contributed by atoms with Crippen LogP contribution in [0.3, 0.4) is 0 Å². The predicted molar refractivity (Wildman–Crippen MR) is 62.3 cm³/mol. The lowest BCUT2D eigenvalue weighted by atomic mass is 9.88. The molecular formula is C11H13BrN2O2. The smallest absolute Gasteiger partial charge is 0.291 e. The standard InChI is InChI=1S/C11H13BrN2O2/c12-7-3-5-16-10(7)11(15)14-6-8-9(14)2-1-4-13-8/h3,5,8-9,13H,1-2,4,6H2. The van der Waals surface area contributed by atoms with Gasteiger partial charge in [0.1, 0.15) is 0 Å². The predicted octanol–water partition coefficient (Wildman–Crippen LogP) is 1.62. The van der Waals surface area contributed by atoms with Crippen LogP contribution in [-0.2, 0) is 0 Å². The van der Waals surface area contributed by atoms with Crippen LogP contribution in [0.5, 0.6) is 0 Å². The van der Waals surface area contributed by atoms with E-state index in [-0.39, 0.29) is 5.91 Å². The summed E-state index contributed by atoms with van der Waals surface area (Å²) in [6, 6.07) is 2.61. The van der Waals surface area contributed by atoms with Crippen molar-refractivity contribution >= 4 is 21.8 Å². The summed E-state index contributed by atoms with van der Waals surface area (Å²) in [5, 5.41) is 3.43. The summed E-state index contributed by atoms with van der Waals surface area (Å²) >= 11 is 3.32. The highest BCUT2D eigenvalue weighted by atomic mass is 79.9. The Labute approximate surface area is 102 Å². The molecule has 86 valence electrons. The number of halogens is 1. The summed E-state index contributed by atoms with van der Waals surface area (Å²) in [4.78, 5) is 14.0. The van der Waals surface area contributed by atoms with Gasteiger partial charge in [0.15, 0.2) is 0 Å². The van der Waals surface area contributed by atoms with Crippen LogP contribution in [-0.4, -0.2) is 36.0 Å². The normalized spacial score (nSPS) is 28.4. The third-order valence-corrected chi connectivity index (χ3v) is 4.04. The third kappa shape index (κ3) is 1.50. The highest BCUT2D eigenvalue weighted by molar-refractivity contribution is 9.10. The zero-order valence-corrected chi connectivity index (χ0v) is 10.4. The summed E-state index contributed by atoms with van der Waals surface area (Å²) in [5.74, 6) is 0.422. The Bertz CT molecular complexity index is 418. The monoisotopic (exact) mass is 284 g/mol. The molecule has 2 aliphatic rings. The number of hydrogen-bond acceptors (Lipinski definition) is 3. The van der Waals surface area contributed by atoms with E-state index in [1.807, 2.05) is 4.90 Å². The number of amides is 1. The van der Waals surface area contributed by atoms with Crippen LogP contribution < -0.4 is 5.32 Å². The van der Waals surface area contributed by atoms with Gasteiger partial charge in [-0.25, -0.2) is 0 Å². The maximum Gasteiger partial charge on any atom is 0.291 e.